The molecule has 2 N–H and O–H groups in total. The molecule has 1 aliphatic rings. The highest BCUT2D eigenvalue weighted by Crippen LogP contribution is 2.31. The molecule has 0 radical (unpaired) electrons. The fraction of sp³-hybridized carbons (Fsp3) is 0.556. The molecule has 1 aromatic heterocycles. The molecule has 0 bridgehead atoms. The van der Waals surface area contributed by atoms with Gasteiger partial charge in [0, 0.05) is 6.54 Å². The zero-order chi connectivity index (χ0) is 19.3. The number of benzene rings is 1. The Labute approximate surface area is 168 Å². The summed E-state index contributed by atoms with van der Waals surface area (Å²) in [5.41, 5.74) is 1.35. The van der Waals surface area contributed by atoms with E-state index in [0.29, 0.717) is 17.4 Å². The molecule has 0 saturated heterocycles. The number of thioether (sulfide) groups is 1. The average molecular weight is 428 g/mol. The Kier molecular flexibility index (Phi) is 6.99. The number of carbonyl (C=O) groups is 1. The van der Waals surface area contributed by atoms with Crippen molar-refractivity contribution in [3.05, 3.63) is 18.2 Å². The second kappa shape index (κ2) is 9.25. The number of carbonyl (C=O) groups excluding carboxylic acids is 1. The first-order valence-corrected chi connectivity index (χ1v) is 12.7. The zero-order valence-corrected chi connectivity index (χ0v) is 17.8. The third-order valence-electron chi connectivity index (χ3n) is 4.66. The van der Waals surface area contributed by atoms with Gasteiger partial charge in [-0.3, -0.25) is 9.52 Å². The van der Waals surface area contributed by atoms with Crippen LogP contribution in [0.4, 0.5) is 5.69 Å². The van der Waals surface area contributed by atoms with Crippen molar-refractivity contribution in [2.45, 2.75) is 43.4 Å². The van der Waals surface area contributed by atoms with Crippen molar-refractivity contribution in [1.29, 1.82) is 0 Å². The van der Waals surface area contributed by atoms with Crippen molar-refractivity contribution in [2.75, 3.05) is 22.8 Å². The summed E-state index contributed by atoms with van der Waals surface area (Å²) in [6, 6.07) is 5.29. The Morgan fingerprint density at radius 3 is 2.81 bits per heavy atom. The second-order valence-corrected chi connectivity index (χ2v) is 11.0. The molecule has 1 saturated carbocycles. The van der Waals surface area contributed by atoms with Crippen LogP contribution in [0.3, 0.4) is 0 Å². The van der Waals surface area contributed by atoms with Crippen LogP contribution >= 0.6 is 23.1 Å². The van der Waals surface area contributed by atoms with Gasteiger partial charge in [-0.25, -0.2) is 13.4 Å². The van der Waals surface area contributed by atoms with Crippen molar-refractivity contribution in [1.82, 2.24) is 10.3 Å². The Balaban J connectivity index is 1.53. The summed E-state index contributed by atoms with van der Waals surface area (Å²) in [6.45, 7) is 2.38. The summed E-state index contributed by atoms with van der Waals surface area (Å²) in [4.78, 5) is 16.6. The van der Waals surface area contributed by atoms with Crippen LogP contribution in [-0.2, 0) is 14.8 Å². The molecule has 0 unspecified atom stereocenters. The van der Waals surface area contributed by atoms with Gasteiger partial charge in [-0.1, -0.05) is 31.0 Å². The molecule has 2 aromatic rings. The van der Waals surface area contributed by atoms with Gasteiger partial charge in [0.2, 0.25) is 15.9 Å². The highest BCUT2D eigenvalue weighted by Gasteiger charge is 2.15. The van der Waals surface area contributed by atoms with Gasteiger partial charge in [0.25, 0.3) is 0 Å². The van der Waals surface area contributed by atoms with Gasteiger partial charge in [-0.15, -0.1) is 11.3 Å². The molecule has 148 valence electrons. The largest absolute Gasteiger partial charge is 0.355 e. The summed E-state index contributed by atoms with van der Waals surface area (Å²) in [5.74, 6) is 1.05. The predicted molar refractivity (Wildman–Crippen MR) is 113 cm³/mol. The van der Waals surface area contributed by atoms with Gasteiger partial charge in [-0.05, 0) is 43.9 Å². The molecule has 27 heavy (non-hydrogen) atoms. The van der Waals surface area contributed by atoms with Gasteiger partial charge >= 0.3 is 0 Å². The molecular weight excluding hydrogens is 402 g/mol. The SMILES string of the molecule is CCS(=O)(=O)Nc1ccc2nc(SCC(=O)NCC3CCCCC3)sc2c1. The Morgan fingerprint density at radius 2 is 2.07 bits per heavy atom. The first kappa shape index (κ1) is 20.4. The summed E-state index contributed by atoms with van der Waals surface area (Å²) in [6.07, 6.45) is 6.30. The number of nitrogens with zero attached hydrogens (tertiary/aromatic N) is 1. The van der Waals surface area contributed by atoms with Crippen LogP contribution in [0, 0.1) is 5.92 Å². The number of hydrogen-bond acceptors (Lipinski definition) is 6. The van der Waals surface area contributed by atoms with Crippen LogP contribution in [0.25, 0.3) is 10.2 Å². The molecule has 9 heteroatoms. The first-order chi connectivity index (χ1) is 12.9. The Hall–Kier alpha value is -1.32. The average Bonchev–Trinajstić information content (AvgIpc) is 3.07. The quantitative estimate of drug-likeness (QED) is 0.625. The van der Waals surface area contributed by atoms with E-state index >= 15 is 0 Å². The van der Waals surface area contributed by atoms with E-state index in [1.54, 1.807) is 25.1 Å². The van der Waals surface area contributed by atoms with Gasteiger partial charge in [0.05, 0.1) is 27.4 Å². The van der Waals surface area contributed by atoms with Crippen molar-refractivity contribution in [3.63, 3.8) is 0 Å². The summed E-state index contributed by atoms with van der Waals surface area (Å²) in [5, 5.41) is 3.04. The highest BCUT2D eigenvalue weighted by atomic mass is 32.2. The van der Waals surface area contributed by atoms with Gasteiger partial charge in [-0.2, -0.15) is 0 Å². The van der Waals surface area contributed by atoms with Gasteiger partial charge in [0.15, 0.2) is 4.34 Å². The Bertz CT molecular complexity index is 890. The molecule has 0 atom stereocenters. The number of rotatable bonds is 8. The molecule has 1 heterocycles. The molecule has 0 aliphatic heterocycles. The number of fused-ring (bicyclic) bond motifs is 1. The summed E-state index contributed by atoms with van der Waals surface area (Å²) >= 11 is 2.89. The van der Waals surface area contributed by atoms with Crippen molar-refractivity contribution >= 4 is 54.9 Å². The normalized spacial score (nSPS) is 15.7. The van der Waals surface area contributed by atoms with Gasteiger partial charge in [0.1, 0.15) is 0 Å². The van der Waals surface area contributed by atoms with Crippen LogP contribution in [0.15, 0.2) is 22.5 Å². The highest BCUT2D eigenvalue weighted by molar-refractivity contribution is 8.01. The van der Waals surface area contributed by atoms with Crippen LogP contribution in [0.1, 0.15) is 39.0 Å². The van der Waals surface area contributed by atoms with E-state index in [1.807, 2.05) is 0 Å². The molecule has 0 spiro atoms. The van der Waals surface area contributed by atoms with Crippen molar-refractivity contribution < 1.29 is 13.2 Å². The number of amides is 1. The molecule has 1 amide bonds. The minimum atomic E-state index is -3.30. The van der Waals surface area contributed by atoms with Crippen molar-refractivity contribution in [2.24, 2.45) is 5.92 Å². The number of sulfonamides is 1. The fourth-order valence-electron chi connectivity index (χ4n) is 3.11. The standard InChI is InChI=1S/C18H25N3O3S3/c1-2-27(23,24)21-14-8-9-15-16(10-14)26-18(20-15)25-12-17(22)19-11-13-6-4-3-5-7-13/h8-10,13,21H,2-7,11-12H2,1H3,(H,19,22). The molecule has 3 rings (SSSR count). The number of aromatic nitrogens is 1. The van der Waals surface area contributed by atoms with E-state index in [4.69, 9.17) is 0 Å². The zero-order valence-electron chi connectivity index (χ0n) is 15.4. The molecule has 1 fully saturated rings. The molecule has 1 aromatic carbocycles. The lowest BCUT2D eigenvalue weighted by atomic mass is 9.89. The summed E-state index contributed by atoms with van der Waals surface area (Å²) in [7, 11) is -3.30. The molecule has 6 nitrogen and oxygen atoms in total. The number of hydrogen-bond donors (Lipinski definition) is 2. The third kappa shape index (κ3) is 6.08. The monoisotopic (exact) mass is 427 g/mol. The Morgan fingerprint density at radius 1 is 1.30 bits per heavy atom. The third-order valence-corrected chi connectivity index (χ3v) is 8.13. The van der Waals surface area contributed by atoms with Crippen LogP contribution in [0.2, 0.25) is 0 Å². The summed E-state index contributed by atoms with van der Waals surface area (Å²) < 4.78 is 27.6. The maximum Gasteiger partial charge on any atom is 0.232 e. The van der Waals surface area contributed by atoms with Gasteiger partial charge < -0.3 is 5.32 Å². The molecular formula is C18H25N3O3S3. The van der Waals surface area contributed by atoms with Crippen LogP contribution in [0.5, 0.6) is 0 Å². The van der Waals surface area contributed by atoms with Crippen LogP contribution in [-0.4, -0.2) is 37.4 Å². The van der Waals surface area contributed by atoms with E-state index in [0.717, 1.165) is 21.1 Å². The lowest BCUT2D eigenvalue weighted by Crippen LogP contribution is -2.31. The van der Waals surface area contributed by atoms with Crippen molar-refractivity contribution in [3.8, 4) is 0 Å². The maximum atomic E-state index is 12.1. The number of thiazole rings is 1. The van der Waals surface area contributed by atoms with E-state index in [-0.39, 0.29) is 11.7 Å². The molecule has 1 aliphatic carbocycles. The van der Waals surface area contributed by atoms with E-state index in [2.05, 4.69) is 15.0 Å². The minimum absolute atomic E-state index is 0.0325. The van der Waals surface area contributed by atoms with Crippen LogP contribution < -0.4 is 10.0 Å². The van der Waals surface area contributed by atoms with E-state index in [9.17, 15) is 13.2 Å². The lowest BCUT2D eigenvalue weighted by Gasteiger charge is -2.21. The topological polar surface area (TPSA) is 88.2 Å². The number of nitrogens with one attached hydrogen (secondary N) is 2. The number of anilines is 1. The smallest absolute Gasteiger partial charge is 0.232 e. The van der Waals surface area contributed by atoms with E-state index in [1.165, 1.54) is 55.2 Å². The second-order valence-electron chi connectivity index (χ2n) is 6.76. The van der Waals surface area contributed by atoms with E-state index < -0.39 is 10.0 Å². The first-order valence-electron chi connectivity index (χ1n) is 9.26. The predicted octanol–water partition coefficient (Wildman–Crippen LogP) is 3.85. The minimum Gasteiger partial charge on any atom is -0.355 e. The maximum absolute atomic E-state index is 12.1. The lowest BCUT2D eigenvalue weighted by molar-refractivity contribution is -0.118. The fourth-order valence-corrected chi connectivity index (χ4v) is 5.68.